The van der Waals surface area contributed by atoms with Crippen LogP contribution in [0.5, 0.6) is 0 Å². The molecule has 0 bridgehead atoms. The predicted octanol–water partition coefficient (Wildman–Crippen LogP) is 12.1. The average Bonchev–Trinajstić information content (AvgIpc) is 2.86. The summed E-state index contributed by atoms with van der Waals surface area (Å²) in [5, 5.41) is 10.4. The molecule has 0 aliphatic heterocycles. The molecule has 2 heteroatoms. The largest absolute Gasteiger partial charge is 0.481 e. The molecule has 216 valence electrons. The standard InChI is InChI=1S/C34H68O2/c1-6-9-11-13-15-17-18-19-20-21-23-25-27-29-32(31(4)5)34(8-3,33(35)36)30-28-26-24-22-16-14-12-10-7-2/h31-32H,6-30H2,1-5H3,(H,35,36). The molecule has 0 aliphatic rings. The fourth-order valence-corrected chi connectivity index (χ4v) is 6.42. The van der Waals surface area contributed by atoms with E-state index in [4.69, 9.17) is 0 Å². The highest BCUT2D eigenvalue weighted by atomic mass is 16.4. The number of hydrogen-bond acceptors (Lipinski definition) is 1. The first-order chi connectivity index (χ1) is 17.5. The van der Waals surface area contributed by atoms with Gasteiger partial charge < -0.3 is 5.11 Å². The summed E-state index contributed by atoms with van der Waals surface area (Å²) in [6.07, 6.45) is 32.2. The summed E-state index contributed by atoms with van der Waals surface area (Å²) in [5.74, 6) is 0.219. The molecule has 2 atom stereocenters. The van der Waals surface area contributed by atoms with Gasteiger partial charge in [0.1, 0.15) is 0 Å². The van der Waals surface area contributed by atoms with E-state index in [0.29, 0.717) is 11.8 Å². The molecular formula is C34H68O2. The van der Waals surface area contributed by atoms with E-state index in [2.05, 4.69) is 34.6 Å². The third kappa shape index (κ3) is 17.1. The van der Waals surface area contributed by atoms with Gasteiger partial charge in [-0.3, -0.25) is 4.79 Å². The van der Waals surface area contributed by atoms with Crippen LogP contribution in [0.2, 0.25) is 0 Å². The molecule has 0 saturated carbocycles. The Morgan fingerprint density at radius 3 is 1.19 bits per heavy atom. The van der Waals surface area contributed by atoms with E-state index < -0.39 is 11.4 Å². The van der Waals surface area contributed by atoms with Crippen LogP contribution in [0, 0.1) is 17.3 Å². The summed E-state index contributed by atoms with van der Waals surface area (Å²) in [7, 11) is 0. The topological polar surface area (TPSA) is 37.3 Å². The van der Waals surface area contributed by atoms with Gasteiger partial charge in [0.2, 0.25) is 0 Å². The Morgan fingerprint density at radius 2 is 0.889 bits per heavy atom. The highest BCUT2D eigenvalue weighted by Crippen LogP contribution is 2.44. The monoisotopic (exact) mass is 509 g/mol. The Balaban J connectivity index is 4.23. The van der Waals surface area contributed by atoms with E-state index in [9.17, 15) is 9.90 Å². The molecule has 0 aliphatic carbocycles. The molecule has 0 rings (SSSR count). The van der Waals surface area contributed by atoms with Crippen molar-refractivity contribution < 1.29 is 9.90 Å². The minimum Gasteiger partial charge on any atom is -0.481 e. The fraction of sp³-hybridized carbons (Fsp3) is 0.971. The SMILES string of the molecule is CCCCCCCCCCCCCCCC(C(C)C)C(CC)(CCCCCCCCCCC)C(=O)O. The Morgan fingerprint density at radius 1 is 0.556 bits per heavy atom. The van der Waals surface area contributed by atoms with Crippen LogP contribution >= 0.6 is 0 Å². The maximum atomic E-state index is 12.6. The van der Waals surface area contributed by atoms with E-state index in [1.165, 1.54) is 135 Å². The molecule has 0 radical (unpaired) electrons. The van der Waals surface area contributed by atoms with Crippen LogP contribution in [0.25, 0.3) is 0 Å². The van der Waals surface area contributed by atoms with Crippen molar-refractivity contribution in [3.8, 4) is 0 Å². The fourth-order valence-electron chi connectivity index (χ4n) is 6.42. The Bertz CT molecular complexity index is 472. The van der Waals surface area contributed by atoms with Crippen LogP contribution in [-0.2, 0) is 4.79 Å². The molecule has 1 N–H and O–H groups in total. The lowest BCUT2D eigenvalue weighted by molar-refractivity contribution is -0.155. The molecule has 0 amide bonds. The van der Waals surface area contributed by atoms with E-state index >= 15 is 0 Å². The normalized spacial score (nSPS) is 14.3. The molecule has 0 fully saturated rings. The number of aliphatic carboxylic acids is 1. The number of unbranched alkanes of at least 4 members (excludes halogenated alkanes) is 20. The minimum atomic E-state index is -0.530. The number of carboxylic acid groups (broad SMARTS) is 1. The molecule has 36 heavy (non-hydrogen) atoms. The predicted molar refractivity (Wildman–Crippen MR) is 161 cm³/mol. The summed E-state index contributed by atoms with van der Waals surface area (Å²) in [6, 6.07) is 0. The Labute approximate surface area is 228 Å². The van der Waals surface area contributed by atoms with Gasteiger partial charge in [0.15, 0.2) is 0 Å². The summed E-state index contributed by atoms with van der Waals surface area (Å²) >= 11 is 0. The van der Waals surface area contributed by atoms with Crippen molar-refractivity contribution in [3.63, 3.8) is 0 Å². The van der Waals surface area contributed by atoms with Crippen molar-refractivity contribution in [3.05, 3.63) is 0 Å². The second kappa shape index (κ2) is 24.8. The number of rotatable bonds is 28. The highest BCUT2D eigenvalue weighted by molar-refractivity contribution is 5.75. The van der Waals surface area contributed by atoms with Gasteiger partial charge in [-0.1, -0.05) is 176 Å². The molecule has 0 heterocycles. The molecule has 0 aromatic heterocycles. The highest BCUT2D eigenvalue weighted by Gasteiger charge is 2.44. The smallest absolute Gasteiger partial charge is 0.309 e. The minimum absolute atomic E-state index is 0.307. The molecule has 0 aromatic rings. The van der Waals surface area contributed by atoms with Gasteiger partial charge in [0.05, 0.1) is 5.41 Å². The molecular weight excluding hydrogens is 440 g/mol. The lowest BCUT2D eigenvalue weighted by Gasteiger charge is -2.39. The van der Waals surface area contributed by atoms with E-state index in [1.807, 2.05) is 0 Å². The first-order valence-corrected chi connectivity index (χ1v) is 16.7. The first kappa shape index (κ1) is 35.5. The summed E-state index contributed by atoms with van der Waals surface area (Å²) in [6.45, 7) is 11.2. The third-order valence-corrected chi connectivity index (χ3v) is 8.92. The summed E-state index contributed by atoms with van der Waals surface area (Å²) in [5.41, 5.74) is -0.521. The van der Waals surface area contributed by atoms with Gasteiger partial charge in [-0.15, -0.1) is 0 Å². The summed E-state index contributed by atoms with van der Waals surface area (Å²) in [4.78, 5) is 12.6. The van der Waals surface area contributed by atoms with Gasteiger partial charge in [-0.2, -0.15) is 0 Å². The van der Waals surface area contributed by atoms with Crippen LogP contribution < -0.4 is 0 Å². The Hall–Kier alpha value is -0.530. The molecule has 0 aromatic carbocycles. The maximum absolute atomic E-state index is 12.6. The lowest BCUT2D eigenvalue weighted by atomic mass is 9.64. The number of carboxylic acids is 1. The maximum Gasteiger partial charge on any atom is 0.309 e. The Kier molecular flexibility index (Phi) is 24.4. The molecule has 0 saturated heterocycles. The first-order valence-electron chi connectivity index (χ1n) is 16.7. The van der Waals surface area contributed by atoms with Crippen molar-refractivity contribution in [2.24, 2.45) is 17.3 Å². The van der Waals surface area contributed by atoms with E-state index in [1.54, 1.807) is 0 Å². The van der Waals surface area contributed by atoms with Gasteiger partial charge in [-0.25, -0.2) is 0 Å². The van der Waals surface area contributed by atoms with Gasteiger partial charge >= 0.3 is 5.97 Å². The zero-order chi connectivity index (χ0) is 26.9. The quantitative estimate of drug-likeness (QED) is 0.107. The van der Waals surface area contributed by atoms with Crippen molar-refractivity contribution in [2.45, 2.75) is 195 Å². The van der Waals surface area contributed by atoms with Crippen LogP contribution in [0.3, 0.4) is 0 Å². The third-order valence-electron chi connectivity index (χ3n) is 8.92. The van der Waals surface area contributed by atoms with Gasteiger partial charge in [0.25, 0.3) is 0 Å². The number of hydrogen-bond donors (Lipinski definition) is 1. The molecule has 2 unspecified atom stereocenters. The second-order valence-electron chi connectivity index (χ2n) is 12.3. The van der Waals surface area contributed by atoms with Gasteiger partial charge in [-0.05, 0) is 31.1 Å². The van der Waals surface area contributed by atoms with E-state index in [0.717, 1.165) is 25.7 Å². The van der Waals surface area contributed by atoms with Crippen molar-refractivity contribution in [2.75, 3.05) is 0 Å². The zero-order valence-electron chi connectivity index (χ0n) is 25.7. The van der Waals surface area contributed by atoms with Crippen LogP contribution in [-0.4, -0.2) is 11.1 Å². The van der Waals surface area contributed by atoms with Crippen LogP contribution in [0.1, 0.15) is 195 Å². The molecule has 2 nitrogen and oxygen atoms in total. The number of carbonyl (C=O) groups is 1. The van der Waals surface area contributed by atoms with Gasteiger partial charge in [0, 0.05) is 0 Å². The zero-order valence-corrected chi connectivity index (χ0v) is 25.7. The second-order valence-corrected chi connectivity index (χ2v) is 12.3. The van der Waals surface area contributed by atoms with E-state index in [-0.39, 0.29) is 0 Å². The van der Waals surface area contributed by atoms with Crippen LogP contribution in [0.4, 0.5) is 0 Å². The summed E-state index contributed by atoms with van der Waals surface area (Å²) < 4.78 is 0. The van der Waals surface area contributed by atoms with Crippen molar-refractivity contribution in [1.29, 1.82) is 0 Å². The van der Waals surface area contributed by atoms with Crippen molar-refractivity contribution >= 4 is 5.97 Å². The van der Waals surface area contributed by atoms with Crippen molar-refractivity contribution in [1.82, 2.24) is 0 Å². The average molecular weight is 509 g/mol. The molecule has 0 spiro atoms. The lowest BCUT2D eigenvalue weighted by Crippen LogP contribution is -2.41. The van der Waals surface area contributed by atoms with Crippen LogP contribution in [0.15, 0.2) is 0 Å².